The Kier molecular flexibility index (Phi) is 6.17. The summed E-state index contributed by atoms with van der Waals surface area (Å²) in [5, 5.41) is 5.50. The fourth-order valence-corrected chi connectivity index (χ4v) is 2.75. The predicted octanol–water partition coefficient (Wildman–Crippen LogP) is 3.38. The van der Waals surface area contributed by atoms with Crippen LogP contribution in [0.5, 0.6) is 5.75 Å². The molecule has 0 unspecified atom stereocenters. The molecule has 0 atom stereocenters. The number of aryl methyl sites for hydroxylation is 3. The number of ether oxygens (including phenoxy) is 1. The molecule has 0 fully saturated rings. The third-order valence-electron chi connectivity index (χ3n) is 3.78. The molecule has 0 saturated carbocycles. The van der Waals surface area contributed by atoms with E-state index in [-0.39, 0.29) is 18.4 Å². The molecule has 0 heterocycles. The Balaban J connectivity index is 2.00. The average molecular weight is 340 g/mol. The van der Waals surface area contributed by atoms with Gasteiger partial charge in [-0.1, -0.05) is 29.8 Å². The van der Waals surface area contributed by atoms with Gasteiger partial charge in [0.2, 0.25) is 5.91 Å². The molecule has 0 spiro atoms. The first kappa shape index (κ1) is 18.5. The van der Waals surface area contributed by atoms with E-state index in [9.17, 15) is 9.59 Å². The van der Waals surface area contributed by atoms with Crippen LogP contribution in [-0.2, 0) is 4.79 Å². The minimum Gasteiger partial charge on any atom is -0.493 e. The van der Waals surface area contributed by atoms with Crippen molar-refractivity contribution in [1.29, 1.82) is 0 Å². The van der Waals surface area contributed by atoms with Crippen LogP contribution in [0.1, 0.15) is 34.0 Å². The third-order valence-corrected chi connectivity index (χ3v) is 3.78. The van der Waals surface area contributed by atoms with E-state index in [0.717, 1.165) is 22.4 Å². The molecule has 5 heteroatoms. The second kappa shape index (κ2) is 8.33. The lowest BCUT2D eigenvalue weighted by atomic mass is 10.1. The van der Waals surface area contributed by atoms with Crippen LogP contribution in [0, 0.1) is 20.8 Å². The summed E-state index contributed by atoms with van der Waals surface area (Å²) in [4.78, 5) is 24.5. The normalized spacial score (nSPS) is 10.2. The zero-order valence-corrected chi connectivity index (χ0v) is 15.1. The topological polar surface area (TPSA) is 67.4 Å². The molecule has 132 valence electrons. The Labute approximate surface area is 148 Å². The van der Waals surface area contributed by atoms with Crippen LogP contribution in [0.3, 0.4) is 0 Å². The van der Waals surface area contributed by atoms with Gasteiger partial charge in [-0.2, -0.15) is 0 Å². The largest absolute Gasteiger partial charge is 0.493 e. The highest BCUT2D eigenvalue weighted by Gasteiger charge is 2.14. The van der Waals surface area contributed by atoms with Crippen LogP contribution in [-0.4, -0.2) is 25.0 Å². The van der Waals surface area contributed by atoms with Crippen molar-refractivity contribution in [3.63, 3.8) is 0 Å². The van der Waals surface area contributed by atoms with Gasteiger partial charge in [-0.15, -0.1) is 0 Å². The molecular formula is C20H24N2O3. The highest BCUT2D eigenvalue weighted by molar-refractivity contribution is 6.01. The van der Waals surface area contributed by atoms with Crippen molar-refractivity contribution in [2.45, 2.75) is 27.7 Å². The van der Waals surface area contributed by atoms with Crippen LogP contribution >= 0.6 is 0 Å². The summed E-state index contributed by atoms with van der Waals surface area (Å²) in [6, 6.07) is 11.0. The number of rotatable bonds is 6. The van der Waals surface area contributed by atoms with Gasteiger partial charge in [0.15, 0.2) is 0 Å². The SMILES string of the molecule is CCOc1ccccc1C(=O)NCC(=O)Nc1c(C)cc(C)cc1C. The van der Waals surface area contributed by atoms with Gasteiger partial charge in [0.25, 0.3) is 5.91 Å². The lowest BCUT2D eigenvalue weighted by molar-refractivity contribution is -0.115. The molecule has 0 saturated heterocycles. The lowest BCUT2D eigenvalue weighted by Crippen LogP contribution is -2.33. The monoisotopic (exact) mass is 340 g/mol. The Bertz CT molecular complexity index is 761. The highest BCUT2D eigenvalue weighted by atomic mass is 16.5. The standard InChI is InChI=1S/C20H24N2O3/c1-5-25-17-9-7-6-8-16(17)20(24)21-12-18(23)22-19-14(3)10-13(2)11-15(19)4/h6-11H,5,12H2,1-4H3,(H,21,24)(H,22,23). The third kappa shape index (κ3) is 4.83. The number of amides is 2. The maximum Gasteiger partial charge on any atom is 0.255 e. The number of carbonyl (C=O) groups excluding carboxylic acids is 2. The lowest BCUT2D eigenvalue weighted by Gasteiger charge is -2.14. The molecule has 0 aliphatic carbocycles. The Morgan fingerprint density at radius 2 is 1.68 bits per heavy atom. The minimum atomic E-state index is -0.337. The van der Waals surface area contributed by atoms with E-state index < -0.39 is 0 Å². The van der Waals surface area contributed by atoms with E-state index in [4.69, 9.17) is 4.74 Å². The molecule has 2 aromatic rings. The van der Waals surface area contributed by atoms with Crippen molar-refractivity contribution in [3.05, 3.63) is 58.7 Å². The Morgan fingerprint density at radius 3 is 2.32 bits per heavy atom. The van der Waals surface area contributed by atoms with E-state index in [1.807, 2.05) is 39.8 Å². The molecule has 0 aliphatic rings. The van der Waals surface area contributed by atoms with E-state index in [1.54, 1.807) is 24.3 Å². The van der Waals surface area contributed by atoms with Crippen LogP contribution < -0.4 is 15.4 Å². The molecule has 2 aromatic carbocycles. The van der Waals surface area contributed by atoms with Crippen LogP contribution in [0.15, 0.2) is 36.4 Å². The predicted molar refractivity (Wildman–Crippen MR) is 99.2 cm³/mol. The maximum atomic E-state index is 12.3. The number of nitrogens with one attached hydrogen (secondary N) is 2. The number of anilines is 1. The second-order valence-electron chi connectivity index (χ2n) is 5.93. The van der Waals surface area contributed by atoms with Gasteiger partial charge in [0.05, 0.1) is 18.7 Å². The van der Waals surface area contributed by atoms with Crippen LogP contribution in [0.4, 0.5) is 5.69 Å². The molecule has 25 heavy (non-hydrogen) atoms. The van der Waals surface area contributed by atoms with Gasteiger partial charge in [-0.3, -0.25) is 9.59 Å². The summed E-state index contributed by atoms with van der Waals surface area (Å²) in [5.74, 6) is -0.0954. The summed E-state index contributed by atoms with van der Waals surface area (Å²) in [6.07, 6.45) is 0. The Hall–Kier alpha value is -2.82. The van der Waals surface area contributed by atoms with Gasteiger partial charge in [0.1, 0.15) is 5.75 Å². The first-order chi connectivity index (χ1) is 11.9. The molecule has 2 N–H and O–H groups in total. The molecule has 0 bridgehead atoms. The van der Waals surface area contributed by atoms with Crippen LogP contribution in [0.25, 0.3) is 0 Å². The number of hydrogen-bond acceptors (Lipinski definition) is 3. The quantitative estimate of drug-likeness (QED) is 0.847. The highest BCUT2D eigenvalue weighted by Crippen LogP contribution is 2.22. The zero-order chi connectivity index (χ0) is 18.4. The molecule has 5 nitrogen and oxygen atoms in total. The van der Waals surface area contributed by atoms with E-state index in [0.29, 0.717) is 17.9 Å². The molecular weight excluding hydrogens is 316 g/mol. The first-order valence-corrected chi connectivity index (χ1v) is 8.30. The second-order valence-corrected chi connectivity index (χ2v) is 5.93. The summed E-state index contributed by atoms with van der Waals surface area (Å²) in [5.41, 5.74) is 4.35. The van der Waals surface area contributed by atoms with Gasteiger partial charge in [-0.05, 0) is 51.0 Å². The molecule has 0 radical (unpaired) electrons. The molecule has 2 amide bonds. The van der Waals surface area contributed by atoms with Gasteiger partial charge < -0.3 is 15.4 Å². The van der Waals surface area contributed by atoms with Crippen molar-refractivity contribution in [3.8, 4) is 5.75 Å². The summed E-state index contributed by atoms with van der Waals surface area (Å²) in [6.45, 7) is 8.14. The number of benzene rings is 2. The van der Waals surface area contributed by atoms with Crippen molar-refractivity contribution < 1.29 is 14.3 Å². The molecule has 0 aliphatic heterocycles. The van der Waals surface area contributed by atoms with Gasteiger partial charge >= 0.3 is 0 Å². The molecule has 2 rings (SSSR count). The first-order valence-electron chi connectivity index (χ1n) is 8.30. The Morgan fingerprint density at radius 1 is 1.04 bits per heavy atom. The molecule has 0 aromatic heterocycles. The number of carbonyl (C=O) groups is 2. The number of hydrogen-bond donors (Lipinski definition) is 2. The summed E-state index contributed by atoms with van der Waals surface area (Å²) < 4.78 is 5.44. The zero-order valence-electron chi connectivity index (χ0n) is 15.1. The van der Waals surface area contributed by atoms with Crippen LogP contribution in [0.2, 0.25) is 0 Å². The minimum absolute atomic E-state index is 0.105. The average Bonchev–Trinajstić information content (AvgIpc) is 2.56. The van der Waals surface area contributed by atoms with E-state index >= 15 is 0 Å². The smallest absolute Gasteiger partial charge is 0.255 e. The van der Waals surface area contributed by atoms with Gasteiger partial charge in [-0.25, -0.2) is 0 Å². The number of para-hydroxylation sites is 1. The van der Waals surface area contributed by atoms with Crippen molar-refractivity contribution in [2.75, 3.05) is 18.5 Å². The van der Waals surface area contributed by atoms with Crippen molar-refractivity contribution in [1.82, 2.24) is 5.32 Å². The fraction of sp³-hybridized carbons (Fsp3) is 0.300. The van der Waals surface area contributed by atoms with Crippen molar-refractivity contribution in [2.24, 2.45) is 0 Å². The fourth-order valence-electron chi connectivity index (χ4n) is 2.75. The summed E-state index contributed by atoms with van der Waals surface area (Å²) in [7, 11) is 0. The van der Waals surface area contributed by atoms with E-state index in [1.165, 1.54) is 0 Å². The maximum absolute atomic E-state index is 12.3. The van der Waals surface area contributed by atoms with Crippen molar-refractivity contribution >= 4 is 17.5 Å². The van der Waals surface area contributed by atoms with E-state index in [2.05, 4.69) is 10.6 Å². The van der Waals surface area contributed by atoms with Gasteiger partial charge in [0, 0.05) is 5.69 Å². The summed E-state index contributed by atoms with van der Waals surface area (Å²) >= 11 is 0.